The predicted octanol–water partition coefficient (Wildman–Crippen LogP) is 4.70. The smallest absolute Gasteiger partial charge is 0.352 e. The molecule has 0 spiro atoms. The number of benzene rings is 2. The van der Waals surface area contributed by atoms with E-state index in [-0.39, 0.29) is 12.2 Å². The lowest BCUT2D eigenvalue weighted by molar-refractivity contribution is -0.143. The number of aromatic nitrogens is 4. The fourth-order valence-electron chi connectivity index (χ4n) is 3.19. The topological polar surface area (TPSA) is 64.7 Å². The number of amides is 1. The maximum atomic E-state index is 13.7. The second-order valence-corrected chi connectivity index (χ2v) is 7.36. The van der Waals surface area contributed by atoms with Crippen molar-refractivity contribution in [1.82, 2.24) is 24.9 Å². The average molecular weight is 460 g/mol. The Morgan fingerprint density at radius 1 is 0.969 bits per heavy atom. The molecular formula is C22H17ClF3N5O. The summed E-state index contributed by atoms with van der Waals surface area (Å²) in [7, 11) is 0. The highest BCUT2D eigenvalue weighted by molar-refractivity contribution is 6.30. The summed E-state index contributed by atoms with van der Waals surface area (Å²) in [5, 5.41) is 11.0. The molecule has 0 aliphatic rings. The third-order valence-corrected chi connectivity index (χ3v) is 4.96. The zero-order valence-electron chi connectivity index (χ0n) is 16.6. The molecule has 2 aromatic heterocycles. The summed E-state index contributed by atoms with van der Waals surface area (Å²) in [6.07, 6.45) is 0.00509. The Morgan fingerprint density at radius 3 is 2.38 bits per heavy atom. The quantitative estimate of drug-likeness (QED) is 0.454. The fraction of sp³-hybridized carbons (Fsp3) is 0.136. The molecule has 4 aromatic rings. The minimum absolute atomic E-state index is 0.142. The largest absolute Gasteiger partial charge is 0.434 e. The van der Waals surface area contributed by atoms with E-state index in [9.17, 15) is 18.0 Å². The highest BCUT2D eigenvalue weighted by Gasteiger charge is 2.40. The molecule has 0 radical (unpaired) electrons. The van der Waals surface area contributed by atoms with Gasteiger partial charge in [0.2, 0.25) is 0 Å². The van der Waals surface area contributed by atoms with Crippen molar-refractivity contribution in [3.63, 3.8) is 0 Å². The molecule has 32 heavy (non-hydrogen) atoms. The molecule has 0 bridgehead atoms. The summed E-state index contributed by atoms with van der Waals surface area (Å²) >= 11 is 5.81. The van der Waals surface area contributed by atoms with Crippen molar-refractivity contribution in [2.75, 3.05) is 6.54 Å². The molecule has 0 unspecified atom stereocenters. The summed E-state index contributed by atoms with van der Waals surface area (Å²) in [5.41, 5.74) is 0.171. The monoisotopic (exact) mass is 459 g/mol. The van der Waals surface area contributed by atoms with E-state index in [1.807, 2.05) is 30.3 Å². The lowest BCUT2D eigenvalue weighted by Gasteiger charge is -2.13. The van der Waals surface area contributed by atoms with Gasteiger partial charge in [0.1, 0.15) is 0 Å². The van der Waals surface area contributed by atoms with Crippen LogP contribution in [-0.4, -0.2) is 32.0 Å². The lowest BCUT2D eigenvalue weighted by Crippen LogP contribution is -2.28. The van der Waals surface area contributed by atoms with Gasteiger partial charge in [-0.25, -0.2) is 9.36 Å². The van der Waals surface area contributed by atoms with E-state index in [0.29, 0.717) is 16.1 Å². The molecule has 0 fully saturated rings. The van der Waals surface area contributed by atoms with Crippen LogP contribution < -0.4 is 5.32 Å². The standard InChI is InChI=1S/C22H17ClF3N5O/c23-16-6-8-18(9-7-16)31-20(22(24,25)26)19(13-29-31)21(32)27-11-10-15-12-28-30(14-15)17-4-2-1-3-5-17/h1-9,12-14H,10-11H2,(H,27,32). The number of hydrogen-bond acceptors (Lipinski definition) is 3. The first-order chi connectivity index (χ1) is 15.3. The maximum absolute atomic E-state index is 13.7. The van der Waals surface area contributed by atoms with Gasteiger partial charge in [-0.2, -0.15) is 23.4 Å². The van der Waals surface area contributed by atoms with E-state index in [1.54, 1.807) is 17.1 Å². The molecule has 164 valence electrons. The number of carbonyl (C=O) groups excluding carboxylic acids is 1. The highest BCUT2D eigenvalue weighted by atomic mass is 35.5. The molecule has 10 heteroatoms. The zero-order valence-corrected chi connectivity index (χ0v) is 17.3. The predicted molar refractivity (Wildman–Crippen MR) is 113 cm³/mol. The molecule has 0 atom stereocenters. The number of hydrogen-bond donors (Lipinski definition) is 1. The Labute approximate surface area is 186 Å². The van der Waals surface area contributed by atoms with Gasteiger partial charge in [-0.05, 0) is 48.4 Å². The number of nitrogens with one attached hydrogen (secondary N) is 1. The van der Waals surface area contributed by atoms with Crippen LogP contribution in [0, 0.1) is 0 Å². The van der Waals surface area contributed by atoms with Gasteiger partial charge >= 0.3 is 6.18 Å². The van der Waals surface area contributed by atoms with Crippen LogP contribution in [0.5, 0.6) is 0 Å². The van der Waals surface area contributed by atoms with Crippen molar-refractivity contribution >= 4 is 17.5 Å². The number of carbonyl (C=O) groups is 1. The number of alkyl halides is 3. The van der Waals surface area contributed by atoms with Crippen LogP contribution >= 0.6 is 11.6 Å². The number of rotatable bonds is 6. The molecule has 1 N–H and O–H groups in total. The second-order valence-electron chi connectivity index (χ2n) is 6.93. The summed E-state index contributed by atoms with van der Waals surface area (Å²) in [6, 6.07) is 15.2. The fourth-order valence-corrected chi connectivity index (χ4v) is 3.32. The van der Waals surface area contributed by atoms with E-state index < -0.39 is 23.3 Å². The molecule has 0 saturated carbocycles. The first-order valence-electron chi connectivity index (χ1n) is 9.61. The van der Waals surface area contributed by atoms with Crippen molar-refractivity contribution in [2.24, 2.45) is 0 Å². The van der Waals surface area contributed by atoms with Crippen LogP contribution in [-0.2, 0) is 12.6 Å². The van der Waals surface area contributed by atoms with Gasteiger partial charge in [0, 0.05) is 17.8 Å². The SMILES string of the molecule is O=C(NCCc1cnn(-c2ccccc2)c1)c1cnn(-c2ccc(Cl)cc2)c1C(F)(F)F. The van der Waals surface area contributed by atoms with E-state index in [4.69, 9.17) is 11.6 Å². The van der Waals surface area contributed by atoms with Gasteiger partial charge in [-0.1, -0.05) is 29.8 Å². The summed E-state index contributed by atoms with van der Waals surface area (Å²) in [5.74, 6) is -0.854. The minimum atomic E-state index is -4.78. The van der Waals surface area contributed by atoms with Gasteiger partial charge < -0.3 is 5.32 Å². The summed E-state index contributed by atoms with van der Waals surface area (Å²) < 4.78 is 43.6. The van der Waals surface area contributed by atoms with Crippen LogP contribution in [0.3, 0.4) is 0 Å². The molecule has 6 nitrogen and oxygen atoms in total. The lowest BCUT2D eigenvalue weighted by atomic mass is 10.2. The van der Waals surface area contributed by atoms with Crippen LogP contribution in [0.4, 0.5) is 13.2 Å². The number of para-hydroxylation sites is 1. The van der Waals surface area contributed by atoms with Crippen molar-refractivity contribution in [3.05, 3.63) is 95.0 Å². The second kappa shape index (κ2) is 8.88. The van der Waals surface area contributed by atoms with Gasteiger partial charge in [0.25, 0.3) is 5.91 Å². The van der Waals surface area contributed by atoms with Crippen molar-refractivity contribution < 1.29 is 18.0 Å². The average Bonchev–Trinajstić information content (AvgIpc) is 3.42. The third kappa shape index (κ3) is 4.67. The normalized spacial score (nSPS) is 11.5. The Balaban J connectivity index is 1.47. The number of nitrogens with zero attached hydrogens (tertiary/aromatic N) is 4. The summed E-state index contributed by atoms with van der Waals surface area (Å²) in [4.78, 5) is 12.5. The Bertz CT molecular complexity index is 1220. The Hall–Kier alpha value is -3.59. The highest BCUT2D eigenvalue weighted by Crippen LogP contribution is 2.33. The van der Waals surface area contributed by atoms with Crippen LogP contribution in [0.1, 0.15) is 21.6 Å². The molecule has 1 amide bonds. The van der Waals surface area contributed by atoms with Crippen LogP contribution in [0.25, 0.3) is 11.4 Å². The minimum Gasteiger partial charge on any atom is -0.352 e. The zero-order chi connectivity index (χ0) is 22.7. The third-order valence-electron chi connectivity index (χ3n) is 4.71. The van der Waals surface area contributed by atoms with E-state index >= 15 is 0 Å². The van der Waals surface area contributed by atoms with Gasteiger partial charge in [-0.15, -0.1) is 0 Å². The van der Waals surface area contributed by atoms with E-state index in [2.05, 4.69) is 15.5 Å². The maximum Gasteiger partial charge on any atom is 0.434 e. The molecule has 4 rings (SSSR count). The first-order valence-corrected chi connectivity index (χ1v) is 9.99. The van der Waals surface area contributed by atoms with E-state index in [0.717, 1.165) is 17.4 Å². The number of halogens is 4. The molecular weight excluding hydrogens is 443 g/mol. The van der Waals surface area contributed by atoms with Crippen molar-refractivity contribution in [2.45, 2.75) is 12.6 Å². The Kier molecular flexibility index (Phi) is 6.00. The summed E-state index contributed by atoms with van der Waals surface area (Å²) in [6.45, 7) is 0.142. The van der Waals surface area contributed by atoms with E-state index in [1.165, 1.54) is 24.3 Å². The van der Waals surface area contributed by atoms with Crippen LogP contribution in [0.15, 0.2) is 73.2 Å². The Morgan fingerprint density at radius 2 is 1.69 bits per heavy atom. The molecule has 0 saturated heterocycles. The first kappa shape index (κ1) is 21.6. The molecule has 2 aromatic carbocycles. The van der Waals surface area contributed by atoms with Gasteiger partial charge in [-0.3, -0.25) is 4.79 Å². The van der Waals surface area contributed by atoms with Crippen molar-refractivity contribution in [3.8, 4) is 11.4 Å². The van der Waals surface area contributed by atoms with Gasteiger partial charge in [0.05, 0.1) is 29.3 Å². The molecule has 2 heterocycles. The molecule has 0 aliphatic heterocycles. The van der Waals surface area contributed by atoms with Crippen molar-refractivity contribution in [1.29, 1.82) is 0 Å². The molecule has 0 aliphatic carbocycles. The van der Waals surface area contributed by atoms with Crippen LogP contribution in [0.2, 0.25) is 5.02 Å². The van der Waals surface area contributed by atoms with Gasteiger partial charge in [0.15, 0.2) is 5.69 Å².